The molecule has 0 aliphatic rings. The molecule has 0 atom stereocenters. The maximum atomic E-state index is 12.3. The van der Waals surface area contributed by atoms with Gasteiger partial charge in [-0.25, -0.2) is 10.3 Å². The van der Waals surface area contributed by atoms with E-state index in [0.29, 0.717) is 16.9 Å². The van der Waals surface area contributed by atoms with Gasteiger partial charge in [-0.2, -0.15) is 0 Å². The zero-order valence-corrected chi connectivity index (χ0v) is 15.7. The van der Waals surface area contributed by atoms with Gasteiger partial charge in [0.25, 0.3) is 0 Å². The highest BCUT2D eigenvalue weighted by molar-refractivity contribution is 5.95. The Hall–Kier alpha value is -4.39. The number of aromatic nitrogens is 1. The average molecular weight is 396 g/mol. The lowest BCUT2D eigenvalue weighted by molar-refractivity contribution is 0.0596. The van der Waals surface area contributed by atoms with Crippen LogP contribution in [0.5, 0.6) is 0 Å². The van der Waals surface area contributed by atoms with Crippen molar-refractivity contribution in [1.82, 2.24) is 4.98 Å². The van der Waals surface area contributed by atoms with Crippen LogP contribution in [0.25, 0.3) is 10.8 Å². The van der Waals surface area contributed by atoms with Crippen LogP contribution in [0.15, 0.2) is 101 Å². The highest BCUT2D eigenvalue weighted by Gasteiger charge is 2.09. The summed E-state index contributed by atoms with van der Waals surface area (Å²) in [5.41, 5.74) is 4.31. The molecule has 146 valence electrons. The van der Waals surface area contributed by atoms with E-state index in [2.05, 4.69) is 20.7 Å². The molecule has 30 heavy (non-hydrogen) atoms. The molecule has 0 radical (unpaired) electrons. The van der Waals surface area contributed by atoms with Crippen molar-refractivity contribution in [3.63, 3.8) is 0 Å². The van der Waals surface area contributed by atoms with Gasteiger partial charge >= 0.3 is 11.9 Å². The molecule has 1 N–H and O–H groups in total. The van der Waals surface area contributed by atoms with Gasteiger partial charge < -0.3 is 4.84 Å². The minimum Gasteiger partial charge on any atom is -0.338 e. The Balaban J connectivity index is 1.35. The predicted octanol–water partition coefficient (Wildman–Crippen LogP) is 5.34. The molecule has 0 spiro atoms. The first kappa shape index (κ1) is 18.9. The standard InChI is InChI=1S/C23H16N4O3/c28-22(21-7-3-4-14-24-21)26-25-19-10-12-20(13-11-19)27-30-23(29)18-9-8-16-5-1-2-6-17(16)15-18/h1-15,27H. The zero-order chi connectivity index (χ0) is 20.8. The molecular weight excluding hydrogens is 380 g/mol. The highest BCUT2D eigenvalue weighted by atomic mass is 16.7. The van der Waals surface area contributed by atoms with Crippen molar-refractivity contribution in [3.8, 4) is 0 Å². The lowest BCUT2D eigenvalue weighted by Gasteiger charge is -2.07. The van der Waals surface area contributed by atoms with Gasteiger partial charge in [0.15, 0.2) is 0 Å². The number of carbonyl (C=O) groups excluding carboxylic acids is 2. The fourth-order valence-corrected chi connectivity index (χ4v) is 2.72. The molecule has 4 aromatic rings. The summed E-state index contributed by atoms with van der Waals surface area (Å²) in [5, 5.41) is 9.56. The Kier molecular flexibility index (Phi) is 5.52. The molecule has 1 aromatic heterocycles. The first-order valence-electron chi connectivity index (χ1n) is 9.12. The molecule has 0 saturated heterocycles. The van der Waals surface area contributed by atoms with Crippen LogP contribution in [0.1, 0.15) is 20.8 Å². The number of hydrogen-bond acceptors (Lipinski definition) is 6. The van der Waals surface area contributed by atoms with Crippen LogP contribution in [0.4, 0.5) is 11.4 Å². The summed E-state index contributed by atoms with van der Waals surface area (Å²) in [6.07, 6.45) is 1.52. The van der Waals surface area contributed by atoms with Crippen molar-refractivity contribution in [3.05, 3.63) is 102 Å². The maximum Gasteiger partial charge on any atom is 0.362 e. The molecule has 0 unspecified atom stereocenters. The summed E-state index contributed by atoms with van der Waals surface area (Å²) in [6.45, 7) is 0. The second kappa shape index (κ2) is 8.74. The second-order valence-corrected chi connectivity index (χ2v) is 6.32. The summed E-state index contributed by atoms with van der Waals surface area (Å²) in [6, 6.07) is 24.7. The van der Waals surface area contributed by atoms with Gasteiger partial charge in [-0.1, -0.05) is 36.4 Å². The van der Waals surface area contributed by atoms with Crippen molar-refractivity contribution in [2.24, 2.45) is 10.2 Å². The molecule has 0 aliphatic heterocycles. The Morgan fingerprint density at radius 3 is 2.37 bits per heavy atom. The van der Waals surface area contributed by atoms with Gasteiger partial charge in [0, 0.05) is 6.20 Å². The second-order valence-electron chi connectivity index (χ2n) is 6.32. The van der Waals surface area contributed by atoms with E-state index in [0.717, 1.165) is 10.8 Å². The summed E-state index contributed by atoms with van der Waals surface area (Å²) in [7, 11) is 0. The number of nitrogens with one attached hydrogen (secondary N) is 1. The number of anilines is 1. The van der Waals surface area contributed by atoms with Crippen LogP contribution < -0.4 is 5.48 Å². The quantitative estimate of drug-likeness (QED) is 0.363. The van der Waals surface area contributed by atoms with E-state index in [1.54, 1.807) is 54.6 Å². The topological polar surface area (TPSA) is 93.0 Å². The molecule has 0 aliphatic carbocycles. The van der Waals surface area contributed by atoms with Crippen molar-refractivity contribution in [1.29, 1.82) is 0 Å². The molecular formula is C23H16N4O3. The van der Waals surface area contributed by atoms with Gasteiger partial charge in [0.05, 0.1) is 16.9 Å². The van der Waals surface area contributed by atoms with Crippen LogP contribution in [0.2, 0.25) is 0 Å². The number of fused-ring (bicyclic) bond motifs is 1. The van der Waals surface area contributed by atoms with Crippen molar-refractivity contribution < 1.29 is 14.4 Å². The van der Waals surface area contributed by atoms with Crippen LogP contribution in [-0.4, -0.2) is 16.9 Å². The molecule has 0 bridgehead atoms. The number of nitrogens with zero attached hydrogens (tertiary/aromatic N) is 3. The number of azo groups is 1. The summed E-state index contributed by atoms with van der Waals surface area (Å²) in [5.74, 6) is -1.02. The van der Waals surface area contributed by atoms with E-state index in [9.17, 15) is 9.59 Å². The Labute approximate surface area is 172 Å². The number of benzene rings is 3. The van der Waals surface area contributed by atoms with Gasteiger partial charge in [-0.05, 0) is 59.3 Å². The number of carbonyl (C=O) groups is 2. The third-order valence-electron chi connectivity index (χ3n) is 4.25. The van der Waals surface area contributed by atoms with Gasteiger partial charge in [0.2, 0.25) is 0 Å². The van der Waals surface area contributed by atoms with Crippen LogP contribution in [-0.2, 0) is 4.84 Å². The molecule has 7 heteroatoms. The van der Waals surface area contributed by atoms with Crippen LogP contribution in [0, 0.1) is 0 Å². The molecule has 7 nitrogen and oxygen atoms in total. The molecule has 1 amide bonds. The third kappa shape index (κ3) is 4.53. The van der Waals surface area contributed by atoms with E-state index in [1.807, 2.05) is 30.3 Å². The van der Waals surface area contributed by atoms with E-state index in [-0.39, 0.29) is 5.69 Å². The monoisotopic (exact) mass is 396 g/mol. The lowest BCUT2D eigenvalue weighted by Crippen LogP contribution is -2.10. The van der Waals surface area contributed by atoms with Crippen molar-refractivity contribution >= 4 is 34.0 Å². The Morgan fingerprint density at radius 2 is 1.60 bits per heavy atom. The molecule has 1 heterocycles. The summed E-state index contributed by atoms with van der Waals surface area (Å²) >= 11 is 0. The van der Waals surface area contributed by atoms with E-state index in [4.69, 9.17) is 4.84 Å². The molecule has 0 fully saturated rings. The smallest absolute Gasteiger partial charge is 0.338 e. The Morgan fingerprint density at radius 1 is 0.833 bits per heavy atom. The lowest BCUT2D eigenvalue weighted by atomic mass is 10.1. The fraction of sp³-hybridized carbons (Fsp3) is 0. The predicted molar refractivity (Wildman–Crippen MR) is 113 cm³/mol. The number of rotatable bonds is 5. The van der Waals surface area contributed by atoms with Crippen molar-refractivity contribution in [2.75, 3.05) is 5.48 Å². The largest absolute Gasteiger partial charge is 0.362 e. The molecule has 4 rings (SSSR count). The highest BCUT2D eigenvalue weighted by Crippen LogP contribution is 2.19. The SMILES string of the molecule is O=C(ONc1ccc(N=NC(=O)c2ccccn2)cc1)c1ccc2ccccc2c1. The van der Waals surface area contributed by atoms with Gasteiger partial charge in [-0.3, -0.25) is 9.78 Å². The van der Waals surface area contributed by atoms with Gasteiger partial charge in [0.1, 0.15) is 5.69 Å². The van der Waals surface area contributed by atoms with E-state index in [1.165, 1.54) is 6.20 Å². The maximum absolute atomic E-state index is 12.3. The first-order chi connectivity index (χ1) is 14.7. The van der Waals surface area contributed by atoms with Crippen LogP contribution in [0.3, 0.4) is 0 Å². The zero-order valence-electron chi connectivity index (χ0n) is 15.7. The normalized spacial score (nSPS) is 10.8. The molecule has 3 aromatic carbocycles. The van der Waals surface area contributed by atoms with Crippen LogP contribution >= 0.6 is 0 Å². The first-order valence-corrected chi connectivity index (χ1v) is 9.12. The number of hydrogen-bond donors (Lipinski definition) is 1. The minimum absolute atomic E-state index is 0.222. The van der Waals surface area contributed by atoms with Crippen molar-refractivity contribution in [2.45, 2.75) is 0 Å². The van der Waals surface area contributed by atoms with E-state index < -0.39 is 11.9 Å². The van der Waals surface area contributed by atoms with Gasteiger partial charge in [-0.15, -0.1) is 10.2 Å². The Bertz CT molecular complexity index is 1220. The average Bonchev–Trinajstić information content (AvgIpc) is 2.82. The number of amides is 1. The molecule has 0 saturated carbocycles. The number of pyridine rings is 1. The summed E-state index contributed by atoms with van der Waals surface area (Å²) in [4.78, 5) is 33.2. The fourth-order valence-electron chi connectivity index (χ4n) is 2.72. The summed E-state index contributed by atoms with van der Waals surface area (Å²) < 4.78 is 0. The minimum atomic E-state index is -0.526. The third-order valence-corrected chi connectivity index (χ3v) is 4.25. The van der Waals surface area contributed by atoms with E-state index >= 15 is 0 Å².